The minimum Gasteiger partial charge on any atom is -0.346 e. The highest BCUT2D eigenvalue weighted by atomic mass is 32.2. The first-order valence-electron chi connectivity index (χ1n) is 7.01. The Balaban J connectivity index is 1.77. The molecule has 3 rings (SSSR count). The van der Waals surface area contributed by atoms with Gasteiger partial charge in [0, 0.05) is 29.9 Å². The van der Waals surface area contributed by atoms with Crippen molar-refractivity contribution < 1.29 is 13.2 Å². The Morgan fingerprint density at radius 1 is 1.25 bits per heavy atom. The van der Waals surface area contributed by atoms with Crippen molar-refractivity contribution in [2.45, 2.75) is 18.4 Å². The van der Waals surface area contributed by atoms with Crippen LogP contribution in [0, 0.1) is 6.92 Å². The molecule has 0 aliphatic carbocycles. The molecule has 0 saturated carbocycles. The molecule has 1 amide bonds. The van der Waals surface area contributed by atoms with Crippen LogP contribution >= 0.6 is 11.5 Å². The number of nitrogens with zero attached hydrogens (tertiary/aromatic N) is 3. The first-order valence-corrected chi connectivity index (χ1v) is 9.29. The summed E-state index contributed by atoms with van der Waals surface area (Å²) in [5, 5.41) is 8.37. The summed E-state index contributed by atoms with van der Waals surface area (Å²) in [7, 11) is -3.81. The summed E-state index contributed by atoms with van der Waals surface area (Å²) in [5.74, 6) is -0.445. The number of carbonyl (C=O) groups is 1. The van der Waals surface area contributed by atoms with Crippen LogP contribution in [0.4, 0.5) is 0 Å². The molecule has 0 bridgehead atoms. The molecule has 124 valence electrons. The molecule has 0 atom stereocenters. The number of hydrogen-bond acceptors (Lipinski definition) is 6. The molecule has 3 aromatic rings. The van der Waals surface area contributed by atoms with E-state index in [1.54, 1.807) is 18.3 Å². The second-order valence-electron chi connectivity index (χ2n) is 5.11. The summed E-state index contributed by atoms with van der Waals surface area (Å²) < 4.78 is 29.7. The molecule has 1 N–H and O–H groups in total. The number of rotatable bonds is 5. The summed E-state index contributed by atoms with van der Waals surface area (Å²) in [6, 6.07) is 7.80. The van der Waals surface area contributed by atoms with Gasteiger partial charge in [-0.3, -0.25) is 4.79 Å². The normalized spacial score (nSPS) is 11.4. The van der Waals surface area contributed by atoms with Crippen LogP contribution < -0.4 is 5.32 Å². The standard InChI is InChI=1S/C15H14N4O3S2/c1-11-2-4-13(5-3-11)24(21,22)19-7-6-14(18-19)15(20)16-8-12-9-17-23-10-12/h2-7,9-10H,8H2,1H3,(H,16,20). The largest absolute Gasteiger partial charge is 0.346 e. The molecule has 0 aliphatic heterocycles. The monoisotopic (exact) mass is 362 g/mol. The summed E-state index contributed by atoms with van der Waals surface area (Å²) in [6.07, 6.45) is 2.92. The SMILES string of the molecule is Cc1ccc(S(=O)(=O)n2ccc(C(=O)NCc3cnsc3)n2)cc1. The van der Waals surface area contributed by atoms with E-state index >= 15 is 0 Å². The van der Waals surface area contributed by atoms with Gasteiger partial charge in [0.15, 0.2) is 5.69 Å². The predicted molar refractivity (Wildman–Crippen MR) is 89.3 cm³/mol. The molecule has 7 nitrogen and oxygen atoms in total. The van der Waals surface area contributed by atoms with Crippen molar-refractivity contribution in [2.24, 2.45) is 0 Å². The highest BCUT2D eigenvalue weighted by molar-refractivity contribution is 7.89. The van der Waals surface area contributed by atoms with E-state index in [2.05, 4.69) is 14.8 Å². The zero-order valence-electron chi connectivity index (χ0n) is 12.7. The van der Waals surface area contributed by atoms with Gasteiger partial charge in [0.2, 0.25) is 0 Å². The van der Waals surface area contributed by atoms with Crippen LogP contribution in [0.25, 0.3) is 0 Å². The predicted octanol–water partition coefficient (Wildman–Crippen LogP) is 1.82. The molecular formula is C15H14N4O3S2. The van der Waals surface area contributed by atoms with Gasteiger partial charge in [-0.2, -0.15) is 17.6 Å². The summed E-state index contributed by atoms with van der Waals surface area (Å²) in [5.41, 5.74) is 1.87. The van der Waals surface area contributed by atoms with E-state index in [9.17, 15) is 13.2 Å². The van der Waals surface area contributed by atoms with E-state index in [4.69, 9.17) is 0 Å². The average Bonchev–Trinajstić information content (AvgIpc) is 3.25. The van der Waals surface area contributed by atoms with Crippen LogP contribution in [0.2, 0.25) is 0 Å². The van der Waals surface area contributed by atoms with Crippen molar-refractivity contribution in [3.63, 3.8) is 0 Å². The van der Waals surface area contributed by atoms with Gasteiger partial charge in [-0.25, -0.2) is 4.37 Å². The van der Waals surface area contributed by atoms with Crippen molar-refractivity contribution >= 4 is 27.5 Å². The summed E-state index contributed by atoms with van der Waals surface area (Å²) >= 11 is 1.29. The molecule has 2 aromatic heterocycles. The molecule has 0 radical (unpaired) electrons. The molecule has 9 heteroatoms. The Morgan fingerprint density at radius 2 is 2.00 bits per heavy atom. The minimum absolute atomic E-state index is 0.0360. The number of hydrogen-bond donors (Lipinski definition) is 1. The van der Waals surface area contributed by atoms with Gasteiger partial charge < -0.3 is 5.32 Å². The molecule has 0 fully saturated rings. The van der Waals surface area contributed by atoms with Crippen LogP contribution in [0.1, 0.15) is 21.6 Å². The lowest BCUT2D eigenvalue weighted by Crippen LogP contribution is -2.24. The number of amides is 1. The van der Waals surface area contributed by atoms with Gasteiger partial charge in [-0.1, -0.05) is 17.7 Å². The van der Waals surface area contributed by atoms with Crippen LogP contribution in [-0.4, -0.2) is 27.9 Å². The first-order chi connectivity index (χ1) is 11.5. The highest BCUT2D eigenvalue weighted by Gasteiger charge is 2.19. The second-order valence-corrected chi connectivity index (χ2v) is 7.56. The Morgan fingerprint density at radius 3 is 2.67 bits per heavy atom. The van der Waals surface area contributed by atoms with Crippen molar-refractivity contribution in [1.82, 2.24) is 18.9 Å². The molecule has 24 heavy (non-hydrogen) atoms. The lowest BCUT2D eigenvalue weighted by molar-refractivity contribution is 0.0945. The van der Waals surface area contributed by atoms with E-state index in [0.717, 1.165) is 15.2 Å². The van der Waals surface area contributed by atoms with Crippen LogP contribution in [0.3, 0.4) is 0 Å². The fourth-order valence-corrected chi connectivity index (χ4v) is 3.62. The van der Waals surface area contributed by atoms with E-state index < -0.39 is 15.9 Å². The third-order valence-corrected chi connectivity index (χ3v) is 5.50. The maximum Gasteiger partial charge on any atom is 0.282 e. The van der Waals surface area contributed by atoms with E-state index in [1.165, 1.54) is 35.9 Å². The lowest BCUT2D eigenvalue weighted by Gasteiger charge is -2.04. The Bertz CT molecular complexity index is 945. The lowest BCUT2D eigenvalue weighted by atomic mass is 10.2. The van der Waals surface area contributed by atoms with Gasteiger partial charge in [0.25, 0.3) is 15.9 Å². The smallest absolute Gasteiger partial charge is 0.282 e. The molecule has 0 spiro atoms. The second kappa shape index (κ2) is 6.54. The van der Waals surface area contributed by atoms with Gasteiger partial charge in [0.1, 0.15) is 0 Å². The summed E-state index contributed by atoms with van der Waals surface area (Å²) in [6.45, 7) is 2.18. The van der Waals surface area contributed by atoms with Gasteiger partial charge in [-0.15, -0.1) is 0 Å². The molecule has 0 saturated heterocycles. The number of aromatic nitrogens is 3. The third kappa shape index (κ3) is 3.36. The van der Waals surface area contributed by atoms with E-state index in [0.29, 0.717) is 6.54 Å². The van der Waals surface area contributed by atoms with Gasteiger partial charge >= 0.3 is 0 Å². The fourth-order valence-electron chi connectivity index (χ4n) is 1.97. The van der Waals surface area contributed by atoms with Gasteiger partial charge in [-0.05, 0) is 36.7 Å². The van der Waals surface area contributed by atoms with Crippen LogP contribution in [0.15, 0.2) is 53.0 Å². The van der Waals surface area contributed by atoms with Crippen molar-refractivity contribution in [1.29, 1.82) is 0 Å². The maximum atomic E-state index is 12.5. The Hall–Kier alpha value is -2.52. The minimum atomic E-state index is -3.81. The third-order valence-electron chi connectivity index (χ3n) is 3.30. The van der Waals surface area contributed by atoms with E-state index in [1.807, 2.05) is 12.3 Å². The number of benzene rings is 1. The molecule has 1 aromatic carbocycles. The van der Waals surface area contributed by atoms with Crippen molar-refractivity contribution in [3.8, 4) is 0 Å². The quantitative estimate of drug-likeness (QED) is 0.747. The number of carbonyl (C=O) groups excluding carboxylic acids is 1. The highest BCUT2D eigenvalue weighted by Crippen LogP contribution is 2.14. The van der Waals surface area contributed by atoms with Crippen molar-refractivity contribution in [2.75, 3.05) is 0 Å². The first kappa shape index (κ1) is 16.3. The molecule has 0 aliphatic rings. The number of aryl methyl sites for hydroxylation is 1. The topological polar surface area (TPSA) is 94.0 Å². The fraction of sp³-hybridized carbons (Fsp3) is 0.133. The zero-order chi connectivity index (χ0) is 17.2. The van der Waals surface area contributed by atoms with Crippen LogP contribution in [0.5, 0.6) is 0 Å². The Kier molecular flexibility index (Phi) is 4.45. The Labute approximate surface area is 143 Å². The maximum absolute atomic E-state index is 12.5. The average molecular weight is 362 g/mol. The van der Waals surface area contributed by atoms with Gasteiger partial charge in [0.05, 0.1) is 4.90 Å². The summed E-state index contributed by atoms with van der Waals surface area (Å²) in [4.78, 5) is 12.2. The number of nitrogens with one attached hydrogen (secondary N) is 1. The van der Waals surface area contributed by atoms with Crippen LogP contribution in [-0.2, 0) is 16.6 Å². The van der Waals surface area contributed by atoms with E-state index in [-0.39, 0.29) is 10.6 Å². The zero-order valence-corrected chi connectivity index (χ0v) is 14.3. The molecular weight excluding hydrogens is 348 g/mol. The van der Waals surface area contributed by atoms with Crippen molar-refractivity contribution in [3.05, 3.63) is 64.9 Å². The molecule has 2 heterocycles. The molecule has 0 unspecified atom stereocenters.